The van der Waals surface area contributed by atoms with Gasteiger partial charge in [-0.15, -0.1) is 0 Å². The summed E-state index contributed by atoms with van der Waals surface area (Å²) in [6.07, 6.45) is -0.917. The topological polar surface area (TPSA) is 57.7 Å². The smallest absolute Gasteiger partial charge is 0.241 e. The monoisotopic (exact) mass is 420 g/mol. The summed E-state index contributed by atoms with van der Waals surface area (Å²) < 4.78 is 54.9. The van der Waals surface area contributed by atoms with Crippen molar-refractivity contribution in [2.24, 2.45) is 0 Å². The van der Waals surface area contributed by atoms with Gasteiger partial charge in [0.2, 0.25) is 15.9 Å². The molecule has 0 radical (unpaired) electrons. The highest BCUT2D eigenvalue weighted by atomic mass is 32.2. The van der Waals surface area contributed by atoms with Crippen molar-refractivity contribution in [2.75, 3.05) is 13.1 Å². The predicted molar refractivity (Wildman–Crippen MR) is 105 cm³/mol. The zero-order chi connectivity index (χ0) is 20.6. The summed E-state index contributed by atoms with van der Waals surface area (Å²) in [5.41, 5.74) is 2.19. The van der Waals surface area contributed by atoms with Crippen molar-refractivity contribution in [3.63, 3.8) is 0 Å². The van der Waals surface area contributed by atoms with Crippen LogP contribution in [0.5, 0.6) is 0 Å². The molecular weight excluding hydrogens is 398 g/mol. The van der Waals surface area contributed by atoms with Gasteiger partial charge < -0.3 is 4.90 Å². The lowest BCUT2D eigenvalue weighted by atomic mass is 9.99. The molecular formula is C21H22F2N2O3S. The first-order valence-electron chi connectivity index (χ1n) is 9.58. The third-order valence-electron chi connectivity index (χ3n) is 5.59. The van der Waals surface area contributed by atoms with E-state index in [0.717, 1.165) is 15.4 Å². The van der Waals surface area contributed by atoms with Crippen LogP contribution >= 0.6 is 0 Å². The first kappa shape index (κ1) is 20.0. The SMILES string of the molecule is O=C([C@@H]1C[C@H](F)CN1S(=O)(=O)Cc1ccccc1F)N1CCc2ccccc2C1. The molecule has 0 aromatic heterocycles. The fourth-order valence-corrected chi connectivity index (χ4v) is 5.82. The minimum Gasteiger partial charge on any atom is -0.337 e. The molecule has 0 saturated carbocycles. The molecule has 0 unspecified atom stereocenters. The van der Waals surface area contributed by atoms with E-state index in [4.69, 9.17) is 0 Å². The first-order valence-corrected chi connectivity index (χ1v) is 11.2. The summed E-state index contributed by atoms with van der Waals surface area (Å²) in [6.45, 7) is 0.464. The Kier molecular flexibility index (Phi) is 5.40. The van der Waals surface area contributed by atoms with E-state index in [-0.39, 0.29) is 18.5 Å². The average molecular weight is 420 g/mol. The zero-order valence-corrected chi connectivity index (χ0v) is 16.6. The van der Waals surface area contributed by atoms with Gasteiger partial charge in [-0.2, -0.15) is 4.31 Å². The van der Waals surface area contributed by atoms with Gasteiger partial charge in [-0.25, -0.2) is 17.2 Å². The second-order valence-corrected chi connectivity index (χ2v) is 9.47. The standard InChI is InChI=1S/C21H22F2N2O3S/c22-18-11-20(21(26)24-10-9-15-5-1-2-6-16(15)12-24)25(13-18)29(27,28)14-17-7-3-4-8-19(17)23/h1-8,18,20H,9-14H2/t18-,20-/m0/s1. The molecule has 2 aromatic rings. The van der Waals surface area contributed by atoms with Crippen LogP contribution in [0.4, 0.5) is 8.78 Å². The number of rotatable bonds is 4. The van der Waals surface area contributed by atoms with Crippen LogP contribution in [-0.4, -0.2) is 48.8 Å². The van der Waals surface area contributed by atoms with Gasteiger partial charge in [0.25, 0.3) is 0 Å². The van der Waals surface area contributed by atoms with Gasteiger partial charge in [0.1, 0.15) is 18.0 Å². The summed E-state index contributed by atoms with van der Waals surface area (Å²) in [4.78, 5) is 14.7. The lowest BCUT2D eigenvalue weighted by Crippen LogP contribution is -2.49. The second kappa shape index (κ2) is 7.84. The van der Waals surface area contributed by atoms with Crippen molar-refractivity contribution in [1.82, 2.24) is 9.21 Å². The van der Waals surface area contributed by atoms with E-state index >= 15 is 0 Å². The van der Waals surface area contributed by atoms with E-state index in [1.165, 1.54) is 18.2 Å². The van der Waals surface area contributed by atoms with Gasteiger partial charge in [0.05, 0.1) is 5.75 Å². The van der Waals surface area contributed by atoms with E-state index in [1.807, 2.05) is 24.3 Å². The maximum Gasteiger partial charge on any atom is 0.241 e. The van der Waals surface area contributed by atoms with Crippen LogP contribution in [0.25, 0.3) is 0 Å². The third-order valence-corrected chi connectivity index (χ3v) is 7.38. The number of amides is 1. The fraction of sp³-hybridized carbons (Fsp3) is 0.381. The number of carbonyl (C=O) groups is 1. The molecule has 1 fully saturated rings. The maximum atomic E-state index is 14.2. The van der Waals surface area contributed by atoms with Crippen molar-refractivity contribution < 1.29 is 22.0 Å². The van der Waals surface area contributed by atoms with Gasteiger partial charge in [0.15, 0.2) is 0 Å². The molecule has 2 aliphatic rings. The van der Waals surface area contributed by atoms with E-state index in [1.54, 1.807) is 11.0 Å². The first-order chi connectivity index (χ1) is 13.8. The van der Waals surface area contributed by atoms with E-state index in [9.17, 15) is 22.0 Å². The molecule has 0 bridgehead atoms. The molecule has 1 amide bonds. The molecule has 29 heavy (non-hydrogen) atoms. The highest BCUT2D eigenvalue weighted by Gasteiger charge is 2.45. The Morgan fingerprint density at radius 3 is 2.52 bits per heavy atom. The number of carbonyl (C=O) groups excluding carboxylic acids is 1. The minimum absolute atomic E-state index is 0.00732. The Bertz CT molecular complexity index is 1030. The summed E-state index contributed by atoms with van der Waals surface area (Å²) >= 11 is 0. The van der Waals surface area contributed by atoms with Crippen LogP contribution in [-0.2, 0) is 33.5 Å². The number of sulfonamides is 1. The van der Waals surface area contributed by atoms with Crippen LogP contribution in [0.3, 0.4) is 0 Å². The molecule has 8 heteroatoms. The van der Waals surface area contributed by atoms with Gasteiger partial charge in [-0.05, 0) is 23.6 Å². The quantitative estimate of drug-likeness (QED) is 0.764. The molecule has 5 nitrogen and oxygen atoms in total. The molecule has 0 spiro atoms. The number of nitrogens with zero attached hydrogens (tertiary/aromatic N) is 2. The Labute approximate surface area is 169 Å². The van der Waals surface area contributed by atoms with Gasteiger partial charge in [0, 0.05) is 31.6 Å². The number of alkyl halides is 1. The average Bonchev–Trinajstić information content (AvgIpc) is 3.11. The van der Waals surface area contributed by atoms with Gasteiger partial charge in [-0.3, -0.25) is 4.79 Å². The summed E-state index contributed by atoms with van der Waals surface area (Å²) in [5.74, 6) is -1.63. The largest absolute Gasteiger partial charge is 0.337 e. The lowest BCUT2D eigenvalue weighted by molar-refractivity contribution is -0.135. The fourth-order valence-electron chi connectivity index (χ4n) is 4.08. The molecule has 2 atom stereocenters. The lowest BCUT2D eigenvalue weighted by Gasteiger charge is -2.33. The normalized spacial score (nSPS) is 22.5. The zero-order valence-electron chi connectivity index (χ0n) is 15.8. The molecule has 2 aliphatic heterocycles. The van der Waals surface area contributed by atoms with Crippen LogP contribution in [0, 0.1) is 5.82 Å². The molecule has 154 valence electrons. The van der Waals surface area contributed by atoms with Crippen LogP contribution in [0.2, 0.25) is 0 Å². The Hall–Kier alpha value is -2.32. The molecule has 2 aromatic carbocycles. The second-order valence-electron chi connectivity index (χ2n) is 7.54. The van der Waals surface area contributed by atoms with Crippen molar-refractivity contribution in [1.29, 1.82) is 0 Å². The van der Waals surface area contributed by atoms with Gasteiger partial charge in [-0.1, -0.05) is 42.5 Å². The summed E-state index contributed by atoms with van der Waals surface area (Å²) in [6, 6.07) is 12.3. The maximum absolute atomic E-state index is 14.2. The number of halogens is 2. The van der Waals surface area contributed by atoms with Crippen LogP contribution < -0.4 is 0 Å². The van der Waals surface area contributed by atoms with Crippen molar-refractivity contribution >= 4 is 15.9 Å². The minimum atomic E-state index is -4.06. The number of fused-ring (bicyclic) bond motifs is 1. The van der Waals surface area contributed by atoms with Crippen LogP contribution in [0.15, 0.2) is 48.5 Å². The predicted octanol–water partition coefficient (Wildman–Crippen LogP) is 2.65. The Morgan fingerprint density at radius 2 is 1.76 bits per heavy atom. The van der Waals surface area contributed by atoms with Gasteiger partial charge >= 0.3 is 0 Å². The Balaban J connectivity index is 1.55. The molecule has 1 saturated heterocycles. The van der Waals surface area contributed by atoms with Crippen LogP contribution in [0.1, 0.15) is 23.1 Å². The summed E-state index contributed by atoms with van der Waals surface area (Å²) in [7, 11) is -4.06. The molecule has 0 N–H and O–H groups in total. The van der Waals surface area contributed by atoms with Crippen molar-refractivity contribution in [3.8, 4) is 0 Å². The molecule has 0 aliphatic carbocycles. The number of hydrogen-bond acceptors (Lipinski definition) is 3. The highest BCUT2D eigenvalue weighted by molar-refractivity contribution is 7.88. The Morgan fingerprint density at radius 1 is 1.07 bits per heavy atom. The number of hydrogen-bond donors (Lipinski definition) is 0. The molecule has 2 heterocycles. The van der Waals surface area contributed by atoms with E-state index in [0.29, 0.717) is 19.5 Å². The van der Waals surface area contributed by atoms with E-state index in [2.05, 4.69) is 0 Å². The summed E-state index contributed by atoms with van der Waals surface area (Å²) in [5, 5.41) is 0. The van der Waals surface area contributed by atoms with Crippen molar-refractivity contribution in [3.05, 3.63) is 71.0 Å². The third kappa shape index (κ3) is 4.04. The number of benzene rings is 2. The van der Waals surface area contributed by atoms with Crippen molar-refractivity contribution in [2.45, 2.75) is 37.4 Å². The highest BCUT2D eigenvalue weighted by Crippen LogP contribution is 2.29. The molecule has 4 rings (SSSR count). The van der Waals surface area contributed by atoms with E-state index < -0.39 is 39.7 Å².